The summed E-state index contributed by atoms with van der Waals surface area (Å²) in [5, 5.41) is 8.20. The molecule has 0 bridgehead atoms. The molecule has 1 aliphatic carbocycles. The Balaban J connectivity index is 1.16. The van der Waals surface area contributed by atoms with Crippen LogP contribution in [0.5, 0.6) is 0 Å². The second kappa shape index (κ2) is 7.55. The molecule has 4 aromatic heterocycles. The van der Waals surface area contributed by atoms with Gasteiger partial charge >= 0.3 is 0 Å². The number of pyridine rings is 2. The van der Waals surface area contributed by atoms with Gasteiger partial charge in [-0.3, -0.25) is 9.88 Å². The lowest BCUT2D eigenvalue weighted by molar-refractivity contribution is 0.0656. The highest BCUT2D eigenvalue weighted by Gasteiger charge is 2.35. The summed E-state index contributed by atoms with van der Waals surface area (Å²) >= 11 is 0. The van der Waals surface area contributed by atoms with Crippen LogP contribution in [0.25, 0.3) is 27.8 Å². The van der Waals surface area contributed by atoms with Crippen LogP contribution in [0.15, 0.2) is 48.9 Å². The Morgan fingerprint density at radius 1 is 0.968 bits per heavy atom. The highest BCUT2D eigenvalue weighted by atomic mass is 15.3. The Morgan fingerprint density at radius 3 is 2.71 bits per heavy atom. The van der Waals surface area contributed by atoms with E-state index in [0.29, 0.717) is 18.0 Å². The van der Waals surface area contributed by atoms with Gasteiger partial charge in [-0.1, -0.05) is 0 Å². The Morgan fingerprint density at radius 2 is 1.84 bits per heavy atom. The molecule has 1 saturated heterocycles. The zero-order valence-electron chi connectivity index (χ0n) is 17.6. The van der Waals surface area contributed by atoms with Gasteiger partial charge < -0.3 is 10.2 Å². The summed E-state index contributed by atoms with van der Waals surface area (Å²) in [6, 6.07) is 11.1. The van der Waals surface area contributed by atoms with Gasteiger partial charge in [0, 0.05) is 56.2 Å². The summed E-state index contributed by atoms with van der Waals surface area (Å²) < 4.78 is 1.89. The van der Waals surface area contributed by atoms with Gasteiger partial charge in [0.2, 0.25) is 5.95 Å². The van der Waals surface area contributed by atoms with E-state index in [2.05, 4.69) is 37.2 Å². The molecule has 8 nitrogen and oxygen atoms in total. The molecule has 0 atom stereocenters. The topological polar surface area (TPSA) is 74.5 Å². The molecule has 6 rings (SSSR count). The number of rotatable bonds is 4. The Labute approximate surface area is 180 Å². The first-order chi connectivity index (χ1) is 15.2. The zero-order chi connectivity index (χ0) is 20.8. The van der Waals surface area contributed by atoms with Gasteiger partial charge in [-0.25, -0.2) is 14.5 Å². The Kier molecular flexibility index (Phi) is 4.54. The minimum Gasteiger partial charge on any atom is -0.350 e. The molecule has 5 heterocycles. The van der Waals surface area contributed by atoms with Crippen molar-refractivity contribution in [2.24, 2.45) is 0 Å². The van der Waals surface area contributed by atoms with Gasteiger partial charge in [-0.05, 0) is 50.2 Å². The molecule has 0 amide bonds. The standard InChI is InChI=1S/C23H26N8/c1-29-9-11-30(12-10-29)17-13-16(14-17)26-23-25-15-22-18(6-8-31(22)28-23)19-4-5-20-21(27-19)3-2-7-24-20/h2-8,15-17H,9-14H2,1H3,(H,26,28)/t16-,17-. The third kappa shape index (κ3) is 3.51. The van der Waals surface area contributed by atoms with E-state index in [-0.39, 0.29) is 0 Å². The van der Waals surface area contributed by atoms with Crippen molar-refractivity contribution in [1.29, 1.82) is 0 Å². The van der Waals surface area contributed by atoms with Crippen LogP contribution in [0.4, 0.5) is 5.95 Å². The number of fused-ring (bicyclic) bond motifs is 2. The molecule has 158 valence electrons. The number of piperazine rings is 1. The first kappa shape index (κ1) is 18.7. The van der Waals surface area contributed by atoms with Crippen LogP contribution in [0.3, 0.4) is 0 Å². The summed E-state index contributed by atoms with van der Waals surface area (Å²) in [5.41, 5.74) is 4.66. The van der Waals surface area contributed by atoms with Crippen LogP contribution in [-0.4, -0.2) is 79.7 Å². The van der Waals surface area contributed by atoms with Crippen molar-refractivity contribution in [2.75, 3.05) is 38.5 Å². The average Bonchev–Trinajstić information content (AvgIpc) is 3.20. The van der Waals surface area contributed by atoms with Crippen LogP contribution in [0.2, 0.25) is 0 Å². The third-order valence-electron chi connectivity index (χ3n) is 6.65. The predicted molar refractivity (Wildman–Crippen MR) is 121 cm³/mol. The number of aromatic nitrogens is 5. The molecular formula is C23H26N8. The Hall–Kier alpha value is -3.10. The van der Waals surface area contributed by atoms with E-state index in [0.717, 1.165) is 40.6 Å². The first-order valence-corrected chi connectivity index (χ1v) is 11.0. The summed E-state index contributed by atoms with van der Waals surface area (Å²) in [5.74, 6) is 0.687. The highest BCUT2D eigenvalue weighted by Crippen LogP contribution is 2.29. The SMILES string of the molecule is CN1CCN([C@H]2C[C@H](Nc3ncc4c(-c5ccc6ncccc6n5)ccn4n3)C2)CC1. The van der Waals surface area contributed by atoms with Crippen molar-refractivity contribution < 1.29 is 0 Å². The van der Waals surface area contributed by atoms with Gasteiger partial charge in [-0.2, -0.15) is 0 Å². The summed E-state index contributed by atoms with van der Waals surface area (Å²) in [6.45, 7) is 4.71. The largest absolute Gasteiger partial charge is 0.350 e. The van der Waals surface area contributed by atoms with Gasteiger partial charge in [0.15, 0.2) is 0 Å². The zero-order valence-corrected chi connectivity index (χ0v) is 17.6. The van der Waals surface area contributed by atoms with E-state index in [9.17, 15) is 0 Å². The maximum Gasteiger partial charge on any atom is 0.241 e. The molecule has 0 unspecified atom stereocenters. The number of hydrogen-bond acceptors (Lipinski definition) is 7. The molecule has 1 saturated carbocycles. The first-order valence-electron chi connectivity index (χ1n) is 11.0. The Bertz CT molecular complexity index is 1220. The third-order valence-corrected chi connectivity index (χ3v) is 6.65. The van der Waals surface area contributed by atoms with Gasteiger partial charge in [0.1, 0.15) is 0 Å². The molecule has 1 N–H and O–H groups in total. The van der Waals surface area contributed by atoms with Crippen LogP contribution in [0, 0.1) is 0 Å². The maximum absolute atomic E-state index is 4.76. The second-order valence-electron chi connectivity index (χ2n) is 8.68. The lowest BCUT2D eigenvalue weighted by Crippen LogP contribution is -2.55. The van der Waals surface area contributed by atoms with Gasteiger partial charge in [0.05, 0.1) is 28.4 Å². The number of anilines is 1. The molecule has 31 heavy (non-hydrogen) atoms. The van der Waals surface area contributed by atoms with Crippen molar-refractivity contribution >= 4 is 22.5 Å². The van der Waals surface area contributed by atoms with Crippen LogP contribution >= 0.6 is 0 Å². The van der Waals surface area contributed by atoms with E-state index >= 15 is 0 Å². The van der Waals surface area contributed by atoms with E-state index < -0.39 is 0 Å². The van der Waals surface area contributed by atoms with Crippen molar-refractivity contribution in [3.8, 4) is 11.3 Å². The van der Waals surface area contributed by atoms with E-state index in [4.69, 9.17) is 4.98 Å². The summed E-state index contributed by atoms with van der Waals surface area (Å²) in [6.07, 6.45) is 7.97. The van der Waals surface area contributed by atoms with E-state index in [1.54, 1.807) is 6.20 Å². The van der Waals surface area contributed by atoms with E-state index in [1.807, 2.05) is 47.2 Å². The average molecular weight is 415 g/mol. The predicted octanol–water partition coefficient (Wildman–Crippen LogP) is 2.53. The van der Waals surface area contributed by atoms with Gasteiger partial charge in [-0.15, -0.1) is 5.10 Å². The fourth-order valence-corrected chi connectivity index (χ4v) is 4.66. The molecule has 8 heteroatoms. The van der Waals surface area contributed by atoms with Crippen molar-refractivity contribution in [3.05, 3.63) is 48.9 Å². The normalized spacial score (nSPS) is 22.6. The smallest absolute Gasteiger partial charge is 0.241 e. The summed E-state index contributed by atoms with van der Waals surface area (Å²) in [7, 11) is 2.20. The van der Waals surface area contributed by atoms with E-state index in [1.165, 1.54) is 26.2 Å². The second-order valence-corrected chi connectivity index (χ2v) is 8.68. The molecular weight excluding hydrogens is 388 g/mol. The van der Waals surface area contributed by atoms with Crippen molar-refractivity contribution in [1.82, 2.24) is 34.4 Å². The van der Waals surface area contributed by atoms with Crippen molar-refractivity contribution in [2.45, 2.75) is 24.9 Å². The highest BCUT2D eigenvalue weighted by molar-refractivity contribution is 5.83. The van der Waals surface area contributed by atoms with Crippen molar-refractivity contribution in [3.63, 3.8) is 0 Å². The quantitative estimate of drug-likeness (QED) is 0.550. The lowest BCUT2D eigenvalue weighted by atomic mass is 9.85. The van der Waals surface area contributed by atoms with Crippen LogP contribution in [0.1, 0.15) is 12.8 Å². The fourth-order valence-electron chi connectivity index (χ4n) is 4.66. The molecule has 1 aliphatic heterocycles. The summed E-state index contributed by atoms with van der Waals surface area (Å²) in [4.78, 5) is 18.7. The minimum atomic E-state index is 0.451. The molecule has 2 fully saturated rings. The van der Waals surface area contributed by atoms with Crippen LogP contribution in [-0.2, 0) is 0 Å². The molecule has 0 radical (unpaired) electrons. The number of hydrogen-bond donors (Lipinski definition) is 1. The fraction of sp³-hybridized carbons (Fsp3) is 0.391. The minimum absolute atomic E-state index is 0.451. The number of nitrogens with one attached hydrogen (secondary N) is 1. The molecule has 0 spiro atoms. The van der Waals surface area contributed by atoms with Crippen LogP contribution < -0.4 is 5.32 Å². The monoisotopic (exact) mass is 414 g/mol. The molecule has 4 aromatic rings. The lowest BCUT2D eigenvalue weighted by Gasteiger charge is -2.46. The molecule has 2 aliphatic rings. The number of nitrogens with zero attached hydrogens (tertiary/aromatic N) is 7. The number of likely N-dealkylation sites (N-methyl/N-ethyl adjacent to an activating group) is 1. The maximum atomic E-state index is 4.76. The molecule has 0 aromatic carbocycles. The van der Waals surface area contributed by atoms with Gasteiger partial charge in [0.25, 0.3) is 0 Å².